The van der Waals surface area contributed by atoms with Crippen molar-refractivity contribution in [3.63, 3.8) is 0 Å². The molecule has 3 rings (SSSR count). The van der Waals surface area contributed by atoms with E-state index in [1.54, 1.807) is 0 Å². The first kappa shape index (κ1) is 24.6. The first-order valence-electron chi connectivity index (χ1n) is 10.0. The number of halogens is 2. The van der Waals surface area contributed by atoms with Crippen LogP contribution in [-0.2, 0) is 0 Å². The zero-order valence-electron chi connectivity index (χ0n) is 18.2. The minimum absolute atomic E-state index is 0. The van der Waals surface area contributed by atoms with E-state index in [-0.39, 0.29) is 18.3 Å². The number of amides is 1. The number of aryl methyl sites for hydroxylation is 3. The summed E-state index contributed by atoms with van der Waals surface area (Å²) in [5.41, 5.74) is 4.93. The topological polar surface area (TPSA) is 36.4 Å². The summed E-state index contributed by atoms with van der Waals surface area (Å²) in [6, 6.07) is 9.72. The fourth-order valence-electron chi connectivity index (χ4n) is 3.35. The van der Waals surface area contributed by atoms with E-state index in [4.69, 9.17) is 16.6 Å². The van der Waals surface area contributed by atoms with Crippen LogP contribution < -0.4 is 4.90 Å². The van der Waals surface area contributed by atoms with Crippen LogP contribution in [0.15, 0.2) is 30.3 Å². The SMILES string of the molecule is CCN(CC)CCN(C(=O)c1ccc(C)c(C)c1)c1nc2c(C)cc(Cl)cc2s1.Cl. The van der Waals surface area contributed by atoms with Crippen molar-refractivity contribution in [3.05, 3.63) is 57.6 Å². The van der Waals surface area contributed by atoms with Crippen molar-refractivity contribution in [2.24, 2.45) is 0 Å². The number of hydrogen-bond acceptors (Lipinski definition) is 4. The van der Waals surface area contributed by atoms with E-state index in [9.17, 15) is 4.79 Å². The molecule has 1 heterocycles. The normalized spacial score (nSPS) is 11.0. The Labute approximate surface area is 194 Å². The molecule has 0 spiro atoms. The second kappa shape index (κ2) is 10.6. The maximum atomic E-state index is 13.5. The van der Waals surface area contributed by atoms with Crippen molar-refractivity contribution in [2.75, 3.05) is 31.1 Å². The lowest BCUT2D eigenvalue weighted by Crippen LogP contribution is -2.38. The fourth-order valence-corrected chi connectivity index (χ4v) is 4.80. The van der Waals surface area contributed by atoms with Crippen LogP contribution in [0.2, 0.25) is 5.02 Å². The molecule has 2 aromatic carbocycles. The van der Waals surface area contributed by atoms with Crippen LogP contribution in [0.4, 0.5) is 5.13 Å². The first-order valence-corrected chi connectivity index (χ1v) is 11.2. The van der Waals surface area contributed by atoms with Crippen molar-refractivity contribution in [2.45, 2.75) is 34.6 Å². The maximum Gasteiger partial charge on any atom is 0.260 e. The van der Waals surface area contributed by atoms with Gasteiger partial charge in [-0.25, -0.2) is 4.98 Å². The average Bonchev–Trinajstić information content (AvgIpc) is 3.11. The molecule has 0 unspecified atom stereocenters. The molecule has 0 saturated carbocycles. The van der Waals surface area contributed by atoms with Gasteiger partial charge in [0, 0.05) is 23.7 Å². The minimum atomic E-state index is -0.0111. The molecule has 0 aliphatic heterocycles. The molecule has 0 saturated heterocycles. The van der Waals surface area contributed by atoms with Crippen LogP contribution in [0.1, 0.15) is 40.9 Å². The molecule has 1 amide bonds. The highest BCUT2D eigenvalue weighted by Gasteiger charge is 2.23. The van der Waals surface area contributed by atoms with Crippen molar-refractivity contribution >= 4 is 56.6 Å². The van der Waals surface area contributed by atoms with E-state index in [0.29, 0.717) is 17.1 Å². The number of carbonyl (C=O) groups is 1. The Hall–Kier alpha value is -1.66. The molecule has 0 aliphatic rings. The molecule has 3 aromatic rings. The number of anilines is 1. The quantitative estimate of drug-likeness (QED) is 0.411. The third-order valence-electron chi connectivity index (χ3n) is 5.40. The Morgan fingerprint density at radius 2 is 1.70 bits per heavy atom. The highest BCUT2D eigenvalue weighted by Crippen LogP contribution is 2.33. The highest BCUT2D eigenvalue weighted by atomic mass is 35.5. The molecule has 7 heteroatoms. The van der Waals surface area contributed by atoms with Gasteiger partial charge in [0.05, 0.1) is 10.2 Å². The van der Waals surface area contributed by atoms with Crippen molar-refractivity contribution < 1.29 is 4.79 Å². The Morgan fingerprint density at radius 3 is 2.33 bits per heavy atom. The largest absolute Gasteiger partial charge is 0.302 e. The molecule has 162 valence electrons. The first-order chi connectivity index (χ1) is 13.8. The average molecular weight is 466 g/mol. The number of thiazole rings is 1. The van der Waals surface area contributed by atoms with Gasteiger partial charge in [0.1, 0.15) is 0 Å². The van der Waals surface area contributed by atoms with E-state index in [0.717, 1.165) is 46.1 Å². The standard InChI is InChI=1S/C23H28ClN3OS.ClH/c1-6-26(7-2)10-11-27(22(28)18-9-8-15(3)16(4)12-18)23-25-21-17(5)13-19(24)14-20(21)29-23;/h8-9,12-14H,6-7,10-11H2,1-5H3;1H. The molecule has 0 atom stereocenters. The third kappa shape index (κ3) is 5.33. The summed E-state index contributed by atoms with van der Waals surface area (Å²) >= 11 is 7.76. The van der Waals surface area contributed by atoms with Gasteiger partial charge in [-0.2, -0.15) is 0 Å². The summed E-state index contributed by atoms with van der Waals surface area (Å²) < 4.78 is 1.01. The number of aromatic nitrogens is 1. The molecule has 0 N–H and O–H groups in total. The summed E-state index contributed by atoms with van der Waals surface area (Å²) in [5, 5.41) is 1.42. The van der Waals surface area contributed by atoms with Crippen LogP contribution in [0.3, 0.4) is 0 Å². The summed E-state index contributed by atoms with van der Waals surface area (Å²) in [4.78, 5) is 22.4. The maximum absolute atomic E-state index is 13.5. The zero-order chi connectivity index (χ0) is 21.1. The van der Waals surface area contributed by atoms with Gasteiger partial charge in [-0.15, -0.1) is 12.4 Å². The number of benzene rings is 2. The molecule has 0 fully saturated rings. The Kier molecular flexibility index (Phi) is 8.68. The minimum Gasteiger partial charge on any atom is -0.302 e. The lowest BCUT2D eigenvalue weighted by Gasteiger charge is -2.25. The van der Waals surface area contributed by atoms with Gasteiger partial charge >= 0.3 is 0 Å². The highest BCUT2D eigenvalue weighted by molar-refractivity contribution is 7.22. The third-order valence-corrected chi connectivity index (χ3v) is 6.65. The Morgan fingerprint density at radius 1 is 1.00 bits per heavy atom. The van der Waals surface area contributed by atoms with Crippen LogP contribution in [-0.4, -0.2) is 42.0 Å². The predicted molar refractivity (Wildman–Crippen MR) is 132 cm³/mol. The monoisotopic (exact) mass is 465 g/mol. The molecular weight excluding hydrogens is 437 g/mol. The molecule has 30 heavy (non-hydrogen) atoms. The molecule has 1 aromatic heterocycles. The van der Waals surface area contributed by atoms with Crippen LogP contribution >= 0.6 is 35.3 Å². The zero-order valence-corrected chi connectivity index (χ0v) is 20.5. The van der Waals surface area contributed by atoms with Crippen molar-refractivity contribution in [3.8, 4) is 0 Å². The summed E-state index contributed by atoms with van der Waals surface area (Å²) in [7, 11) is 0. The van der Waals surface area contributed by atoms with Gasteiger partial charge in [-0.05, 0) is 74.8 Å². The van der Waals surface area contributed by atoms with Gasteiger partial charge < -0.3 is 4.90 Å². The van der Waals surface area contributed by atoms with Crippen molar-refractivity contribution in [1.29, 1.82) is 0 Å². The van der Waals surface area contributed by atoms with Gasteiger partial charge in [0.25, 0.3) is 5.91 Å². The van der Waals surface area contributed by atoms with Crippen LogP contribution in [0, 0.1) is 20.8 Å². The van der Waals surface area contributed by atoms with Crippen molar-refractivity contribution in [1.82, 2.24) is 9.88 Å². The van der Waals surface area contributed by atoms with Gasteiger partial charge in [0.2, 0.25) is 0 Å². The number of fused-ring (bicyclic) bond motifs is 1. The van der Waals surface area contributed by atoms with E-state index in [1.807, 2.05) is 49.1 Å². The van der Waals surface area contributed by atoms with E-state index in [2.05, 4.69) is 25.7 Å². The summed E-state index contributed by atoms with van der Waals surface area (Å²) in [6.07, 6.45) is 0. The van der Waals surface area contributed by atoms with Gasteiger partial charge in [-0.1, -0.05) is 42.9 Å². The molecular formula is C23H29Cl2N3OS. The second-order valence-corrected chi connectivity index (χ2v) is 8.79. The van der Waals surface area contributed by atoms with E-state index in [1.165, 1.54) is 16.9 Å². The Bertz CT molecular complexity index is 1030. The summed E-state index contributed by atoms with van der Waals surface area (Å²) in [5.74, 6) is -0.0111. The number of likely N-dealkylation sites (N-methyl/N-ethyl adjacent to an activating group) is 1. The van der Waals surface area contributed by atoms with Crippen LogP contribution in [0.5, 0.6) is 0 Å². The van der Waals surface area contributed by atoms with E-state index < -0.39 is 0 Å². The fraction of sp³-hybridized carbons (Fsp3) is 0.391. The predicted octanol–water partition coefficient (Wildman–Crippen LogP) is 6.29. The summed E-state index contributed by atoms with van der Waals surface area (Å²) in [6.45, 7) is 13.7. The number of rotatable bonds is 7. The lowest BCUT2D eigenvalue weighted by atomic mass is 10.1. The lowest BCUT2D eigenvalue weighted by molar-refractivity contribution is 0.0983. The smallest absolute Gasteiger partial charge is 0.260 e. The number of carbonyl (C=O) groups excluding carboxylic acids is 1. The van der Waals surface area contributed by atoms with E-state index >= 15 is 0 Å². The number of hydrogen-bond donors (Lipinski definition) is 0. The van der Waals surface area contributed by atoms with Crippen LogP contribution in [0.25, 0.3) is 10.2 Å². The second-order valence-electron chi connectivity index (χ2n) is 7.35. The van der Waals surface area contributed by atoms with Gasteiger partial charge in [0.15, 0.2) is 5.13 Å². The molecule has 0 bridgehead atoms. The molecule has 4 nitrogen and oxygen atoms in total. The van der Waals surface area contributed by atoms with Gasteiger partial charge in [-0.3, -0.25) is 9.69 Å². The Balaban J connectivity index is 0.00000320. The number of nitrogens with zero attached hydrogens (tertiary/aromatic N) is 3. The molecule has 0 aliphatic carbocycles. The molecule has 0 radical (unpaired) electrons.